The molecule has 1 aromatic heterocycles. The molecule has 0 saturated carbocycles. The van der Waals surface area contributed by atoms with E-state index in [1.54, 1.807) is 0 Å². The number of benzene rings is 7. The average molecular weight is 482 g/mol. The van der Waals surface area contributed by atoms with E-state index in [2.05, 4.69) is 133 Å². The highest BCUT2D eigenvalue weighted by Gasteiger charge is 2.17. The third-order valence-electron chi connectivity index (χ3n) is 7.87. The minimum atomic E-state index is 0.993. The van der Waals surface area contributed by atoms with Gasteiger partial charge in [0.05, 0.1) is 5.69 Å². The van der Waals surface area contributed by atoms with Crippen LogP contribution in [0.4, 0.5) is 0 Å². The molecule has 1 nitrogen and oxygen atoms in total. The van der Waals surface area contributed by atoms with Crippen LogP contribution in [0.1, 0.15) is 0 Å². The fourth-order valence-electron chi connectivity index (χ4n) is 6.18. The SMILES string of the molecule is c1ccc(-c2ccnc(-c3cc4c5ccccc5c5c6ccccc6ccc5c4c4ccccc34)c2)cc1. The van der Waals surface area contributed by atoms with Gasteiger partial charge in [-0.2, -0.15) is 0 Å². The zero-order valence-corrected chi connectivity index (χ0v) is 20.7. The minimum Gasteiger partial charge on any atom is -0.256 e. The maximum Gasteiger partial charge on any atom is 0.0714 e. The van der Waals surface area contributed by atoms with E-state index in [1.165, 1.54) is 65.0 Å². The van der Waals surface area contributed by atoms with Crippen molar-refractivity contribution in [2.24, 2.45) is 0 Å². The molecular weight excluding hydrogens is 458 g/mol. The zero-order valence-electron chi connectivity index (χ0n) is 20.7. The molecule has 8 rings (SSSR count). The lowest BCUT2D eigenvalue weighted by Gasteiger charge is -2.17. The molecule has 1 heteroatoms. The molecule has 38 heavy (non-hydrogen) atoms. The Bertz CT molecular complexity index is 2170. The Balaban J connectivity index is 1.55. The second-order valence-electron chi connectivity index (χ2n) is 9.94. The molecule has 176 valence electrons. The van der Waals surface area contributed by atoms with Crippen molar-refractivity contribution in [2.75, 3.05) is 0 Å². The Kier molecular flexibility index (Phi) is 4.59. The van der Waals surface area contributed by atoms with Crippen LogP contribution in [0.5, 0.6) is 0 Å². The van der Waals surface area contributed by atoms with Gasteiger partial charge >= 0.3 is 0 Å². The highest BCUT2D eigenvalue weighted by molar-refractivity contribution is 6.36. The van der Waals surface area contributed by atoms with Crippen molar-refractivity contribution in [3.05, 3.63) is 140 Å². The molecule has 0 radical (unpaired) electrons. The second kappa shape index (κ2) is 8.26. The molecule has 0 N–H and O–H groups in total. The van der Waals surface area contributed by atoms with E-state index in [0.717, 1.165) is 11.3 Å². The molecule has 0 spiro atoms. The van der Waals surface area contributed by atoms with Crippen LogP contribution in [-0.2, 0) is 0 Å². The predicted molar refractivity (Wildman–Crippen MR) is 163 cm³/mol. The van der Waals surface area contributed by atoms with Crippen LogP contribution in [0, 0.1) is 0 Å². The Morgan fingerprint density at radius 1 is 0.368 bits per heavy atom. The van der Waals surface area contributed by atoms with E-state index in [-0.39, 0.29) is 0 Å². The van der Waals surface area contributed by atoms with E-state index >= 15 is 0 Å². The van der Waals surface area contributed by atoms with Crippen LogP contribution in [0.25, 0.3) is 76.2 Å². The van der Waals surface area contributed by atoms with Gasteiger partial charge in [-0.25, -0.2) is 0 Å². The molecule has 0 aliphatic rings. The normalized spacial score (nSPS) is 11.7. The lowest BCUT2D eigenvalue weighted by molar-refractivity contribution is 1.33. The molecule has 8 aromatic rings. The summed E-state index contributed by atoms with van der Waals surface area (Å²) < 4.78 is 0. The van der Waals surface area contributed by atoms with Gasteiger partial charge in [0.25, 0.3) is 0 Å². The van der Waals surface area contributed by atoms with Crippen LogP contribution >= 0.6 is 0 Å². The third-order valence-corrected chi connectivity index (χ3v) is 7.87. The van der Waals surface area contributed by atoms with E-state index in [9.17, 15) is 0 Å². The predicted octanol–water partition coefficient (Wildman–Crippen LogP) is 10.2. The Morgan fingerprint density at radius 2 is 1.00 bits per heavy atom. The van der Waals surface area contributed by atoms with Crippen molar-refractivity contribution in [1.82, 2.24) is 4.98 Å². The van der Waals surface area contributed by atoms with Gasteiger partial charge in [-0.15, -0.1) is 0 Å². The standard InChI is InChI=1S/C37H23N/c1-2-10-24(11-3-1)26-20-21-38-35(22-26)33-23-34-29-15-7-9-17-31(29)36-27-13-5-4-12-25(27)18-19-32(36)37(34)30-16-8-6-14-28(30)33/h1-23H. The fourth-order valence-corrected chi connectivity index (χ4v) is 6.18. The first kappa shape index (κ1) is 21.1. The summed E-state index contributed by atoms with van der Waals surface area (Å²) in [6, 6.07) is 48.2. The number of pyridine rings is 1. The van der Waals surface area contributed by atoms with E-state index in [4.69, 9.17) is 4.98 Å². The third kappa shape index (κ3) is 3.09. The van der Waals surface area contributed by atoms with Gasteiger partial charge in [-0.05, 0) is 83.2 Å². The van der Waals surface area contributed by atoms with Crippen molar-refractivity contribution in [3.8, 4) is 22.4 Å². The smallest absolute Gasteiger partial charge is 0.0714 e. The van der Waals surface area contributed by atoms with Crippen LogP contribution < -0.4 is 0 Å². The van der Waals surface area contributed by atoms with E-state index in [0.29, 0.717) is 0 Å². The van der Waals surface area contributed by atoms with Crippen molar-refractivity contribution in [1.29, 1.82) is 0 Å². The van der Waals surface area contributed by atoms with Gasteiger partial charge in [0.2, 0.25) is 0 Å². The Labute approximate surface area is 220 Å². The molecule has 0 aliphatic carbocycles. The summed E-state index contributed by atoms with van der Waals surface area (Å²) in [5.74, 6) is 0. The molecule has 7 aromatic carbocycles. The lowest BCUT2D eigenvalue weighted by Crippen LogP contribution is -1.91. The minimum absolute atomic E-state index is 0.993. The Morgan fingerprint density at radius 3 is 1.82 bits per heavy atom. The lowest BCUT2D eigenvalue weighted by atomic mass is 9.86. The first-order valence-electron chi connectivity index (χ1n) is 13.1. The van der Waals surface area contributed by atoms with Crippen LogP contribution in [0.3, 0.4) is 0 Å². The van der Waals surface area contributed by atoms with Crippen molar-refractivity contribution in [3.63, 3.8) is 0 Å². The van der Waals surface area contributed by atoms with E-state index in [1.807, 2.05) is 6.20 Å². The molecular formula is C37H23N. The first-order chi connectivity index (χ1) is 18.9. The van der Waals surface area contributed by atoms with Gasteiger partial charge in [0, 0.05) is 11.8 Å². The van der Waals surface area contributed by atoms with Gasteiger partial charge in [0.1, 0.15) is 0 Å². The van der Waals surface area contributed by atoms with Gasteiger partial charge in [-0.1, -0.05) is 115 Å². The number of rotatable bonds is 2. The molecule has 0 aliphatic heterocycles. The first-order valence-corrected chi connectivity index (χ1v) is 13.1. The summed E-state index contributed by atoms with van der Waals surface area (Å²) in [7, 11) is 0. The topological polar surface area (TPSA) is 12.9 Å². The fraction of sp³-hybridized carbons (Fsp3) is 0. The summed E-state index contributed by atoms with van der Waals surface area (Å²) in [5.41, 5.74) is 4.53. The molecule has 0 saturated heterocycles. The summed E-state index contributed by atoms with van der Waals surface area (Å²) in [5, 5.41) is 12.8. The van der Waals surface area contributed by atoms with Crippen molar-refractivity contribution in [2.45, 2.75) is 0 Å². The molecule has 0 atom stereocenters. The molecule has 0 unspecified atom stereocenters. The van der Waals surface area contributed by atoms with Crippen molar-refractivity contribution < 1.29 is 0 Å². The summed E-state index contributed by atoms with van der Waals surface area (Å²) in [6.45, 7) is 0. The van der Waals surface area contributed by atoms with Crippen LogP contribution in [0.2, 0.25) is 0 Å². The highest BCUT2D eigenvalue weighted by Crippen LogP contribution is 2.44. The highest BCUT2D eigenvalue weighted by atomic mass is 14.7. The molecule has 1 heterocycles. The maximum atomic E-state index is 4.88. The number of nitrogens with zero attached hydrogens (tertiary/aromatic N) is 1. The molecule has 0 bridgehead atoms. The van der Waals surface area contributed by atoms with Gasteiger partial charge < -0.3 is 0 Å². The van der Waals surface area contributed by atoms with E-state index < -0.39 is 0 Å². The molecule has 0 amide bonds. The average Bonchev–Trinajstić information content (AvgIpc) is 3.00. The number of aromatic nitrogens is 1. The van der Waals surface area contributed by atoms with Crippen LogP contribution in [0.15, 0.2) is 140 Å². The molecule has 0 fully saturated rings. The number of fused-ring (bicyclic) bond motifs is 10. The Hall–Kier alpha value is -5.01. The summed E-state index contributed by atoms with van der Waals surface area (Å²) in [6.07, 6.45) is 1.93. The summed E-state index contributed by atoms with van der Waals surface area (Å²) >= 11 is 0. The maximum absolute atomic E-state index is 4.88. The monoisotopic (exact) mass is 481 g/mol. The van der Waals surface area contributed by atoms with Gasteiger partial charge in [0.15, 0.2) is 0 Å². The van der Waals surface area contributed by atoms with Crippen molar-refractivity contribution >= 4 is 53.9 Å². The van der Waals surface area contributed by atoms with Gasteiger partial charge in [-0.3, -0.25) is 4.98 Å². The quantitative estimate of drug-likeness (QED) is 0.224. The largest absolute Gasteiger partial charge is 0.256 e. The number of hydrogen-bond acceptors (Lipinski definition) is 1. The van der Waals surface area contributed by atoms with Crippen LogP contribution in [-0.4, -0.2) is 4.98 Å². The second-order valence-corrected chi connectivity index (χ2v) is 9.94. The zero-order chi connectivity index (χ0) is 25.1. The summed E-state index contributed by atoms with van der Waals surface area (Å²) in [4.78, 5) is 4.88. The number of hydrogen-bond donors (Lipinski definition) is 0.